The Labute approximate surface area is 109 Å². The summed E-state index contributed by atoms with van der Waals surface area (Å²) in [6.45, 7) is 6.44. The molecule has 0 bridgehead atoms. The average molecular weight is 250 g/mol. The van der Waals surface area contributed by atoms with E-state index in [9.17, 15) is 4.79 Å². The number of methoxy groups -OCH3 is 1. The molecule has 1 aromatic carbocycles. The first-order chi connectivity index (χ1) is 8.40. The average Bonchev–Trinajstić information content (AvgIpc) is 2.36. The first-order valence-electron chi connectivity index (χ1n) is 6.02. The van der Waals surface area contributed by atoms with Crippen LogP contribution in [0.15, 0.2) is 18.2 Å². The summed E-state index contributed by atoms with van der Waals surface area (Å²) < 4.78 is 5.27. The van der Waals surface area contributed by atoms with Gasteiger partial charge in [0.05, 0.1) is 12.5 Å². The minimum atomic E-state index is -0.545. The fraction of sp³-hybridized carbons (Fsp3) is 0.500. The summed E-state index contributed by atoms with van der Waals surface area (Å²) in [5.41, 5.74) is 7.13. The Kier molecular flexibility index (Phi) is 4.73. The zero-order valence-electron chi connectivity index (χ0n) is 11.5. The third kappa shape index (κ3) is 3.47. The fourth-order valence-corrected chi connectivity index (χ4v) is 1.55. The number of carbonyl (C=O) groups excluding carboxylic acids is 1. The molecule has 0 spiro atoms. The van der Waals surface area contributed by atoms with Crippen molar-refractivity contribution in [3.63, 3.8) is 0 Å². The minimum Gasteiger partial charge on any atom is -0.496 e. The molecule has 0 aliphatic carbocycles. The number of ether oxygens (including phenoxy) is 1. The van der Waals surface area contributed by atoms with Crippen LogP contribution in [0.4, 0.5) is 0 Å². The van der Waals surface area contributed by atoms with Crippen LogP contribution < -0.4 is 15.8 Å². The van der Waals surface area contributed by atoms with Gasteiger partial charge in [0.1, 0.15) is 5.75 Å². The van der Waals surface area contributed by atoms with Crippen molar-refractivity contribution in [2.75, 3.05) is 13.7 Å². The van der Waals surface area contributed by atoms with Gasteiger partial charge in [0.25, 0.3) is 0 Å². The number of aryl methyl sites for hydroxylation is 1. The summed E-state index contributed by atoms with van der Waals surface area (Å²) >= 11 is 0. The molecule has 4 nitrogen and oxygen atoms in total. The van der Waals surface area contributed by atoms with Gasteiger partial charge in [-0.3, -0.25) is 4.79 Å². The summed E-state index contributed by atoms with van der Waals surface area (Å²) in [5.74, 6) is 0.736. The van der Waals surface area contributed by atoms with Gasteiger partial charge in [-0.2, -0.15) is 0 Å². The predicted molar refractivity (Wildman–Crippen MR) is 72.4 cm³/mol. The largest absolute Gasteiger partial charge is 0.496 e. The Morgan fingerprint density at radius 3 is 2.67 bits per heavy atom. The summed E-state index contributed by atoms with van der Waals surface area (Å²) in [4.78, 5) is 11.9. The first kappa shape index (κ1) is 14.5. The quantitative estimate of drug-likeness (QED) is 0.834. The molecule has 18 heavy (non-hydrogen) atoms. The molecule has 0 atom stereocenters. The van der Waals surface area contributed by atoms with Gasteiger partial charge in [0.15, 0.2) is 0 Å². The van der Waals surface area contributed by atoms with Gasteiger partial charge in [0, 0.05) is 18.7 Å². The third-order valence-electron chi connectivity index (χ3n) is 3.00. The van der Waals surface area contributed by atoms with Crippen molar-refractivity contribution in [3.05, 3.63) is 29.3 Å². The van der Waals surface area contributed by atoms with Crippen LogP contribution in [0.5, 0.6) is 5.75 Å². The Morgan fingerprint density at radius 1 is 1.44 bits per heavy atom. The predicted octanol–water partition coefficient (Wildman–Crippen LogP) is 1.60. The summed E-state index contributed by atoms with van der Waals surface area (Å²) in [6.07, 6.45) is 0. The second-order valence-electron chi connectivity index (χ2n) is 5.09. The van der Waals surface area contributed by atoms with Gasteiger partial charge < -0.3 is 15.8 Å². The molecule has 1 amide bonds. The Balaban J connectivity index is 2.74. The van der Waals surface area contributed by atoms with Crippen molar-refractivity contribution < 1.29 is 9.53 Å². The zero-order chi connectivity index (χ0) is 13.8. The number of hydrogen-bond acceptors (Lipinski definition) is 3. The van der Waals surface area contributed by atoms with E-state index in [1.807, 2.05) is 39.0 Å². The van der Waals surface area contributed by atoms with Gasteiger partial charge in [-0.1, -0.05) is 17.7 Å². The van der Waals surface area contributed by atoms with Crippen LogP contribution in [0.3, 0.4) is 0 Å². The first-order valence-corrected chi connectivity index (χ1v) is 6.02. The molecule has 0 aromatic heterocycles. The lowest BCUT2D eigenvalue weighted by molar-refractivity contribution is -0.129. The van der Waals surface area contributed by atoms with Crippen molar-refractivity contribution in [1.82, 2.24) is 5.32 Å². The van der Waals surface area contributed by atoms with E-state index in [-0.39, 0.29) is 5.91 Å². The lowest BCUT2D eigenvalue weighted by Crippen LogP contribution is -2.41. The Bertz CT molecular complexity index is 428. The monoisotopic (exact) mass is 250 g/mol. The number of benzene rings is 1. The molecule has 0 aliphatic rings. The maximum Gasteiger partial charge on any atom is 0.227 e. The van der Waals surface area contributed by atoms with Crippen molar-refractivity contribution in [1.29, 1.82) is 0 Å². The highest BCUT2D eigenvalue weighted by molar-refractivity contribution is 5.82. The van der Waals surface area contributed by atoms with Gasteiger partial charge in [-0.15, -0.1) is 0 Å². The highest BCUT2D eigenvalue weighted by atomic mass is 16.5. The minimum absolute atomic E-state index is 0.0476. The molecule has 0 saturated carbocycles. The second kappa shape index (κ2) is 5.87. The van der Waals surface area contributed by atoms with Crippen molar-refractivity contribution in [2.45, 2.75) is 27.3 Å². The summed E-state index contributed by atoms with van der Waals surface area (Å²) in [7, 11) is 1.62. The number of nitrogens with one attached hydrogen (secondary N) is 1. The van der Waals surface area contributed by atoms with Gasteiger partial charge >= 0.3 is 0 Å². The topological polar surface area (TPSA) is 64.3 Å². The zero-order valence-corrected chi connectivity index (χ0v) is 11.5. The van der Waals surface area contributed by atoms with Crippen LogP contribution >= 0.6 is 0 Å². The van der Waals surface area contributed by atoms with E-state index in [0.717, 1.165) is 16.9 Å². The number of amides is 1. The highest BCUT2D eigenvalue weighted by Gasteiger charge is 2.25. The second-order valence-corrected chi connectivity index (χ2v) is 5.09. The summed E-state index contributed by atoms with van der Waals surface area (Å²) in [5, 5.41) is 2.89. The molecular formula is C14H22N2O2. The highest BCUT2D eigenvalue weighted by Crippen LogP contribution is 2.20. The standard InChI is InChI=1S/C14H22N2O2/c1-10-5-6-12(18-4)11(7-10)8-16-13(17)14(2,3)9-15/h5-7H,8-9,15H2,1-4H3,(H,16,17). The normalized spacial score (nSPS) is 11.2. The smallest absolute Gasteiger partial charge is 0.227 e. The van der Waals surface area contributed by atoms with E-state index in [4.69, 9.17) is 10.5 Å². The molecule has 0 aliphatic heterocycles. The van der Waals surface area contributed by atoms with Gasteiger partial charge in [0.2, 0.25) is 5.91 Å². The van der Waals surface area contributed by atoms with E-state index < -0.39 is 5.41 Å². The van der Waals surface area contributed by atoms with Crippen LogP contribution in [0.25, 0.3) is 0 Å². The van der Waals surface area contributed by atoms with Crippen molar-refractivity contribution in [3.8, 4) is 5.75 Å². The molecule has 1 rings (SSSR count). The summed E-state index contributed by atoms with van der Waals surface area (Å²) in [6, 6.07) is 5.90. The molecule has 1 aromatic rings. The van der Waals surface area contributed by atoms with Crippen molar-refractivity contribution >= 4 is 5.91 Å². The number of hydrogen-bond donors (Lipinski definition) is 2. The fourth-order valence-electron chi connectivity index (χ4n) is 1.55. The van der Waals surface area contributed by atoms with Crippen LogP contribution in [-0.2, 0) is 11.3 Å². The van der Waals surface area contributed by atoms with Crippen LogP contribution in [0.2, 0.25) is 0 Å². The maximum absolute atomic E-state index is 11.9. The molecule has 0 heterocycles. The van der Waals surface area contributed by atoms with E-state index in [1.54, 1.807) is 7.11 Å². The lowest BCUT2D eigenvalue weighted by atomic mass is 9.92. The Hall–Kier alpha value is -1.55. The van der Waals surface area contributed by atoms with Crippen molar-refractivity contribution in [2.24, 2.45) is 11.1 Å². The van der Waals surface area contributed by atoms with Crippen LogP contribution in [0, 0.1) is 12.3 Å². The van der Waals surface area contributed by atoms with E-state index in [1.165, 1.54) is 0 Å². The number of carbonyl (C=O) groups is 1. The van der Waals surface area contributed by atoms with E-state index in [0.29, 0.717) is 13.1 Å². The van der Waals surface area contributed by atoms with E-state index in [2.05, 4.69) is 5.32 Å². The molecule has 0 saturated heterocycles. The molecule has 100 valence electrons. The molecule has 4 heteroatoms. The lowest BCUT2D eigenvalue weighted by Gasteiger charge is -2.21. The number of rotatable bonds is 5. The SMILES string of the molecule is COc1ccc(C)cc1CNC(=O)C(C)(C)CN. The molecule has 0 radical (unpaired) electrons. The van der Waals surface area contributed by atoms with Gasteiger partial charge in [-0.25, -0.2) is 0 Å². The molecular weight excluding hydrogens is 228 g/mol. The van der Waals surface area contributed by atoms with E-state index >= 15 is 0 Å². The Morgan fingerprint density at radius 2 is 2.11 bits per heavy atom. The van der Waals surface area contributed by atoms with Crippen LogP contribution in [-0.4, -0.2) is 19.6 Å². The third-order valence-corrected chi connectivity index (χ3v) is 3.00. The molecule has 0 fully saturated rings. The van der Waals surface area contributed by atoms with Crippen LogP contribution in [0.1, 0.15) is 25.0 Å². The molecule has 0 unspecified atom stereocenters. The maximum atomic E-state index is 11.9. The van der Waals surface area contributed by atoms with Gasteiger partial charge in [-0.05, 0) is 26.8 Å². The number of nitrogens with two attached hydrogens (primary N) is 1. The molecule has 3 N–H and O–H groups in total.